The van der Waals surface area contributed by atoms with E-state index in [9.17, 15) is 9.36 Å². The largest absolute Gasteiger partial charge is 0.147 e. The van der Waals surface area contributed by atoms with Crippen molar-refractivity contribution < 1.29 is 18.0 Å². The monoisotopic (exact) mass is 597 g/mol. The van der Waals surface area contributed by atoms with Crippen LogP contribution in [0.25, 0.3) is 20.6 Å². The Hall–Kier alpha value is -0.431. The van der Waals surface area contributed by atoms with Crippen molar-refractivity contribution in [2.75, 3.05) is 26.3 Å². The Morgan fingerprint density at radius 1 is 1.16 bits per heavy atom. The van der Waals surface area contributed by atoms with Gasteiger partial charge in [0.15, 0.2) is 0 Å². The molecule has 6 nitrogen and oxygen atoms in total. The Kier molecular flexibility index (Phi) is 8.67. The van der Waals surface area contributed by atoms with Crippen molar-refractivity contribution in [3.8, 4) is 0 Å². The molecule has 0 N–H and O–H groups in total. The number of likely N-dealkylation sites (tertiary alicyclic amines) is 1. The number of halogens is 2. The van der Waals surface area contributed by atoms with Gasteiger partial charge in [-0.25, -0.2) is 0 Å². The zero-order valence-electron chi connectivity index (χ0n) is 17.5. The molecular formula is C21H26BrClNO5PSe. The summed E-state index contributed by atoms with van der Waals surface area (Å²) in [5.41, 5.74) is -0.0797. The molecule has 0 atom stereocenters. The molecule has 3 heterocycles. The molecule has 1 aliphatic rings. The van der Waals surface area contributed by atoms with Crippen molar-refractivity contribution in [1.29, 1.82) is 0 Å². The van der Waals surface area contributed by atoms with Gasteiger partial charge in [-0.15, -0.1) is 12.4 Å². The third kappa shape index (κ3) is 5.07. The first kappa shape index (κ1) is 25.2. The summed E-state index contributed by atoms with van der Waals surface area (Å²) in [5, 5.41) is 1.79. The first-order chi connectivity index (χ1) is 14.5. The van der Waals surface area contributed by atoms with Crippen LogP contribution in [0.4, 0.5) is 0 Å². The van der Waals surface area contributed by atoms with Crippen LogP contribution in [-0.2, 0) is 20.2 Å². The van der Waals surface area contributed by atoms with Gasteiger partial charge >= 0.3 is 190 Å². The molecule has 31 heavy (non-hydrogen) atoms. The quantitative estimate of drug-likeness (QED) is 0.215. The second-order valence-electron chi connectivity index (χ2n) is 7.29. The van der Waals surface area contributed by atoms with E-state index in [1.165, 1.54) is 23.7 Å². The first-order valence-corrected chi connectivity index (χ1v) is 14.3. The predicted molar refractivity (Wildman–Crippen MR) is 131 cm³/mol. The first-order valence-electron chi connectivity index (χ1n) is 10.3. The van der Waals surface area contributed by atoms with E-state index in [-0.39, 0.29) is 45.4 Å². The van der Waals surface area contributed by atoms with Crippen LogP contribution in [0.3, 0.4) is 0 Å². The molecule has 0 amide bonds. The van der Waals surface area contributed by atoms with Crippen molar-refractivity contribution in [2.45, 2.75) is 39.7 Å². The molecule has 0 aliphatic carbocycles. The fraction of sp³-hybridized carbons (Fsp3) is 0.476. The summed E-state index contributed by atoms with van der Waals surface area (Å²) in [5.74, 6) is 0. The molecular weight excluding hydrogens is 572 g/mol. The minimum absolute atomic E-state index is 0. The van der Waals surface area contributed by atoms with E-state index in [1.807, 2.05) is 12.1 Å². The fourth-order valence-corrected chi connectivity index (χ4v) is 9.21. The van der Waals surface area contributed by atoms with E-state index in [4.69, 9.17) is 13.5 Å². The minimum Gasteiger partial charge on any atom is -0.147 e. The zero-order chi connectivity index (χ0) is 21.3. The van der Waals surface area contributed by atoms with Crippen LogP contribution < -0.4 is 10.9 Å². The van der Waals surface area contributed by atoms with Crippen LogP contribution >= 0.6 is 35.9 Å². The maximum atomic E-state index is 13.1. The van der Waals surface area contributed by atoms with Gasteiger partial charge in [0.2, 0.25) is 0 Å². The average Bonchev–Trinajstić information content (AvgIpc) is 3.04. The van der Waals surface area contributed by atoms with E-state index in [2.05, 4.69) is 20.8 Å². The van der Waals surface area contributed by atoms with Gasteiger partial charge in [0.05, 0.1) is 0 Å². The van der Waals surface area contributed by atoms with E-state index in [0.29, 0.717) is 5.58 Å². The van der Waals surface area contributed by atoms with Gasteiger partial charge in [0.25, 0.3) is 0 Å². The molecule has 2 aromatic heterocycles. The van der Waals surface area contributed by atoms with Gasteiger partial charge in [0, 0.05) is 0 Å². The number of hydrogen-bond donors (Lipinski definition) is 0. The molecule has 0 spiro atoms. The molecule has 170 valence electrons. The fourth-order valence-electron chi connectivity index (χ4n) is 3.87. The SMILES string of the molecule is CCOP(=O)(OCC)c1cc2ccc3c(Br)c(CN4CCCCC4)[se]c3c2oc1=O.Cl. The van der Waals surface area contributed by atoms with Crippen molar-refractivity contribution in [3.63, 3.8) is 0 Å². The van der Waals surface area contributed by atoms with Crippen molar-refractivity contribution in [3.05, 3.63) is 37.5 Å². The molecule has 1 aliphatic heterocycles. The van der Waals surface area contributed by atoms with E-state index >= 15 is 0 Å². The predicted octanol–water partition coefficient (Wildman–Crippen LogP) is 5.06. The van der Waals surface area contributed by atoms with Gasteiger partial charge in [-0.1, -0.05) is 0 Å². The second kappa shape index (κ2) is 10.7. The third-order valence-corrected chi connectivity index (χ3v) is 11.3. The van der Waals surface area contributed by atoms with Gasteiger partial charge in [0.1, 0.15) is 0 Å². The summed E-state index contributed by atoms with van der Waals surface area (Å²) in [6, 6.07) is 5.56. The molecule has 0 bridgehead atoms. The zero-order valence-corrected chi connectivity index (χ0v) is 22.5. The van der Waals surface area contributed by atoms with Gasteiger partial charge in [-0.2, -0.15) is 0 Å². The standard InChI is InChI=1S/C21H25BrNO5PSe.ClH/c1-3-26-29(25,27-4-2)16-12-14-8-9-15-18(22)17(13-23-10-6-5-7-11-23)30-20(15)19(14)28-21(16)24;/h8-9,12H,3-7,10-11,13H2,1-2H3;1H. The normalized spacial score (nSPS) is 15.5. The Labute approximate surface area is 202 Å². The third-order valence-electron chi connectivity index (χ3n) is 5.25. The number of benzene rings is 1. The van der Waals surface area contributed by atoms with Crippen molar-refractivity contribution in [1.82, 2.24) is 4.90 Å². The molecule has 0 radical (unpaired) electrons. The van der Waals surface area contributed by atoms with Gasteiger partial charge in [-0.05, 0) is 0 Å². The molecule has 0 unspecified atom stereocenters. The van der Waals surface area contributed by atoms with Gasteiger partial charge in [-0.3, -0.25) is 0 Å². The Bertz CT molecular complexity index is 1160. The minimum atomic E-state index is -3.71. The van der Waals surface area contributed by atoms with Crippen LogP contribution in [0.15, 0.2) is 31.9 Å². The summed E-state index contributed by atoms with van der Waals surface area (Å²) in [4.78, 5) is 15.3. The van der Waals surface area contributed by atoms with E-state index in [0.717, 1.165) is 39.1 Å². The summed E-state index contributed by atoms with van der Waals surface area (Å²) >= 11 is 3.85. The summed E-state index contributed by atoms with van der Waals surface area (Å²) in [6.07, 6.45) is 3.82. The number of rotatable bonds is 7. The topological polar surface area (TPSA) is 69.0 Å². The average molecular weight is 598 g/mol. The molecule has 1 fully saturated rings. The van der Waals surface area contributed by atoms with E-state index < -0.39 is 13.2 Å². The molecule has 0 saturated carbocycles. The number of nitrogens with zero attached hydrogens (tertiary/aromatic N) is 1. The molecule has 1 saturated heterocycles. The Morgan fingerprint density at radius 2 is 1.84 bits per heavy atom. The second-order valence-corrected chi connectivity index (χ2v) is 12.4. The summed E-state index contributed by atoms with van der Waals surface area (Å²) in [7, 11) is -3.71. The molecule has 4 rings (SSSR count). The number of piperidine rings is 1. The number of fused-ring (bicyclic) bond motifs is 3. The van der Waals surface area contributed by atoms with Crippen LogP contribution in [0.2, 0.25) is 0 Å². The van der Waals surface area contributed by atoms with Crippen molar-refractivity contribution in [2.24, 2.45) is 0 Å². The summed E-state index contributed by atoms with van der Waals surface area (Å²) < 4.78 is 33.1. The van der Waals surface area contributed by atoms with Crippen LogP contribution in [0.5, 0.6) is 0 Å². The molecule has 3 aromatic rings. The molecule has 10 heteroatoms. The van der Waals surface area contributed by atoms with Gasteiger partial charge < -0.3 is 0 Å². The summed E-state index contributed by atoms with van der Waals surface area (Å²) in [6.45, 7) is 7.02. The Balaban J connectivity index is 0.00000272. The van der Waals surface area contributed by atoms with Crippen LogP contribution in [-0.4, -0.2) is 45.7 Å². The van der Waals surface area contributed by atoms with Crippen LogP contribution in [0, 0.1) is 0 Å². The van der Waals surface area contributed by atoms with Crippen LogP contribution in [0.1, 0.15) is 37.5 Å². The molecule has 1 aromatic carbocycles. The maximum absolute atomic E-state index is 13.1. The van der Waals surface area contributed by atoms with Crippen molar-refractivity contribution >= 4 is 76.4 Å². The smallest absolute Gasteiger partial charge is 0.147 e. The maximum Gasteiger partial charge on any atom is -0.147 e. The number of hydrogen-bond acceptors (Lipinski definition) is 6. The Morgan fingerprint density at radius 3 is 2.48 bits per heavy atom. The van der Waals surface area contributed by atoms with E-state index in [1.54, 1.807) is 19.9 Å².